The first-order valence-corrected chi connectivity index (χ1v) is 9.12. The van der Waals surface area contributed by atoms with Crippen LogP contribution in [0.4, 0.5) is 10.1 Å². The second-order valence-electron chi connectivity index (χ2n) is 5.91. The van der Waals surface area contributed by atoms with Crippen molar-refractivity contribution >= 4 is 22.9 Å². The molecule has 1 amide bonds. The highest BCUT2D eigenvalue weighted by Crippen LogP contribution is 2.26. The topological polar surface area (TPSA) is 59.8 Å². The number of hydrogen-bond acceptors (Lipinski definition) is 4. The Labute approximate surface area is 159 Å². The molecule has 0 spiro atoms. The quantitative estimate of drug-likeness (QED) is 0.560. The first kappa shape index (κ1) is 17.1. The molecule has 4 aromatic rings. The van der Waals surface area contributed by atoms with Gasteiger partial charge in [-0.1, -0.05) is 18.2 Å². The Morgan fingerprint density at radius 1 is 1.15 bits per heavy atom. The first-order chi connectivity index (χ1) is 13.1. The standard InChI is InChI=1S/C20H15FN4OS/c1-13-9-10-22-25(13)15-6-4-5-14(11-15)23-19(26)18-12-27-20(24-18)16-7-2-3-8-17(16)21/h2-12H,1H3,(H,23,26). The van der Waals surface area contributed by atoms with Gasteiger partial charge in [0.25, 0.3) is 5.91 Å². The highest BCUT2D eigenvalue weighted by Gasteiger charge is 2.14. The number of nitrogens with zero attached hydrogens (tertiary/aromatic N) is 3. The Balaban J connectivity index is 1.55. The fourth-order valence-electron chi connectivity index (χ4n) is 2.69. The molecule has 5 nitrogen and oxygen atoms in total. The molecule has 0 bridgehead atoms. The molecular formula is C20H15FN4OS. The van der Waals surface area contributed by atoms with Crippen LogP contribution in [0.3, 0.4) is 0 Å². The largest absolute Gasteiger partial charge is 0.321 e. The number of nitrogens with one attached hydrogen (secondary N) is 1. The minimum Gasteiger partial charge on any atom is -0.321 e. The third kappa shape index (κ3) is 3.50. The van der Waals surface area contributed by atoms with E-state index in [1.807, 2.05) is 31.2 Å². The highest BCUT2D eigenvalue weighted by atomic mass is 32.1. The molecule has 1 N–H and O–H groups in total. The van der Waals surface area contributed by atoms with Crippen molar-refractivity contribution in [2.75, 3.05) is 5.32 Å². The summed E-state index contributed by atoms with van der Waals surface area (Å²) in [6, 6.07) is 15.7. The third-order valence-electron chi connectivity index (χ3n) is 4.02. The van der Waals surface area contributed by atoms with Gasteiger partial charge >= 0.3 is 0 Å². The predicted octanol–water partition coefficient (Wildman–Crippen LogP) is 4.70. The molecule has 0 aliphatic rings. The number of rotatable bonds is 4. The van der Waals surface area contributed by atoms with Crippen molar-refractivity contribution in [1.29, 1.82) is 0 Å². The van der Waals surface area contributed by atoms with Gasteiger partial charge in [0, 0.05) is 28.5 Å². The van der Waals surface area contributed by atoms with Crippen LogP contribution >= 0.6 is 11.3 Å². The van der Waals surface area contributed by atoms with Gasteiger partial charge in [-0.15, -0.1) is 11.3 Å². The summed E-state index contributed by atoms with van der Waals surface area (Å²) in [6.07, 6.45) is 1.72. The fourth-order valence-corrected chi connectivity index (χ4v) is 3.51. The lowest BCUT2D eigenvalue weighted by atomic mass is 10.2. The van der Waals surface area contributed by atoms with Crippen LogP contribution in [0.25, 0.3) is 16.3 Å². The normalized spacial score (nSPS) is 10.7. The van der Waals surface area contributed by atoms with Crippen LogP contribution in [-0.2, 0) is 0 Å². The lowest BCUT2D eigenvalue weighted by Gasteiger charge is -2.08. The maximum Gasteiger partial charge on any atom is 0.275 e. The lowest BCUT2D eigenvalue weighted by Crippen LogP contribution is -2.12. The van der Waals surface area contributed by atoms with Crippen LogP contribution in [0.15, 0.2) is 66.2 Å². The molecule has 0 radical (unpaired) electrons. The highest BCUT2D eigenvalue weighted by molar-refractivity contribution is 7.13. The average Bonchev–Trinajstić information content (AvgIpc) is 3.31. The zero-order chi connectivity index (χ0) is 18.8. The number of thiazole rings is 1. The molecule has 2 aromatic heterocycles. The number of aromatic nitrogens is 3. The summed E-state index contributed by atoms with van der Waals surface area (Å²) in [4.78, 5) is 16.8. The number of halogens is 1. The zero-order valence-corrected chi connectivity index (χ0v) is 15.2. The molecule has 0 saturated carbocycles. The van der Waals surface area contributed by atoms with Crippen molar-refractivity contribution in [2.24, 2.45) is 0 Å². The van der Waals surface area contributed by atoms with Crippen LogP contribution in [0, 0.1) is 12.7 Å². The Bertz CT molecular complexity index is 1120. The van der Waals surface area contributed by atoms with Crippen LogP contribution in [-0.4, -0.2) is 20.7 Å². The van der Waals surface area contributed by atoms with E-state index in [0.29, 0.717) is 16.3 Å². The molecule has 0 aliphatic carbocycles. The van der Waals surface area contributed by atoms with E-state index in [4.69, 9.17) is 0 Å². The van der Waals surface area contributed by atoms with E-state index in [1.165, 1.54) is 17.4 Å². The molecule has 7 heteroatoms. The van der Waals surface area contributed by atoms with Crippen molar-refractivity contribution < 1.29 is 9.18 Å². The van der Waals surface area contributed by atoms with Gasteiger partial charge in [0.15, 0.2) is 0 Å². The van der Waals surface area contributed by atoms with Gasteiger partial charge in [-0.25, -0.2) is 14.1 Å². The van der Waals surface area contributed by atoms with E-state index in [-0.39, 0.29) is 17.4 Å². The molecule has 0 aliphatic heterocycles. The molecule has 0 atom stereocenters. The summed E-state index contributed by atoms with van der Waals surface area (Å²) >= 11 is 1.23. The molecule has 2 aromatic carbocycles. The zero-order valence-electron chi connectivity index (χ0n) is 14.4. The Kier molecular flexibility index (Phi) is 4.52. The third-order valence-corrected chi connectivity index (χ3v) is 4.90. The van der Waals surface area contributed by atoms with Crippen LogP contribution in [0.5, 0.6) is 0 Å². The molecule has 134 valence electrons. The summed E-state index contributed by atoms with van der Waals surface area (Å²) in [5.41, 5.74) is 3.11. The predicted molar refractivity (Wildman–Crippen MR) is 104 cm³/mol. The van der Waals surface area contributed by atoms with Crippen LogP contribution < -0.4 is 5.32 Å². The van der Waals surface area contributed by atoms with Crippen LogP contribution in [0.2, 0.25) is 0 Å². The van der Waals surface area contributed by atoms with Crippen molar-refractivity contribution in [3.63, 3.8) is 0 Å². The van der Waals surface area contributed by atoms with Gasteiger partial charge in [0.1, 0.15) is 16.5 Å². The van der Waals surface area contributed by atoms with Gasteiger partial charge < -0.3 is 5.32 Å². The number of benzene rings is 2. The van der Waals surface area contributed by atoms with Crippen LogP contribution in [0.1, 0.15) is 16.2 Å². The van der Waals surface area contributed by atoms with Crippen molar-refractivity contribution in [3.05, 3.63) is 83.4 Å². The smallest absolute Gasteiger partial charge is 0.275 e. The Morgan fingerprint density at radius 3 is 2.78 bits per heavy atom. The maximum absolute atomic E-state index is 13.9. The summed E-state index contributed by atoms with van der Waals surface area (Å²) in [7, 11) is 0. The fraction of sp³-hybridized carbons (Fsp3) is 0.0500. The molecule has 0 saturated heterocycles. The Morgan fingerprint density at radius 2 is 2.00 bits per heavy atom. The van der Waals surface area contributed by atoms with E-state index < -0.39 is 0 Å². The lowest BCUT2D eigenvalue weighted by molar-refractivity contribution is 0.102. The summed E-state index contributed by atoms with van der Waals surface area (Å²) in [5, 5.41) is 9.19. The number of aryl methyl sites for hydroxylation is 1. The van der Waals surface area contributed by atoms with E-state index in [2.05, 4.69) is 15.4 Å². The van der Waals surface area contributed by atoms with E-state index in [0.717, 1.165) is 11.4 Å². The number of anilines is 1. The van der Waals surface area contributed by atoms with Gasteiger partial charge in [0.05, 0.1) is 5.69 Å². The molecule has 27 heavy (non-hydrogen) atoms. The second kappa shape index (κ2) is 7.13. The number of carbonyl (C=O) groups excluding carboxylic acids is 1. The van der Waals surface area contributed by atoms with Gasteiger partial charge in [-0.3, -0.25) is 4.79 Å². The molecular weight excluding hydrogens is 363 g/mol. The summed E-state index contributed by atoms with van der Waals surface area (Å²) < 4.78 is 15.7. The molecule has 0 unspecified atom stereocenters. The molecule has 0 fully saturated rings. The number of carbonyl (C=O) groups is 1. The van der Waals surface area contributed by atoms with Crippen molar-refractivity contribution in [1.82, 2.24) is 14.8 Å². The van der Waals surface area contributed by atoms with Crippen molar-refractivity contribution in [2.45, 2.75) is 6.92 Å². The van der Waals surface area contributed by atoms with Gasteiger partial charge in [-0.05, 0) is 43.3 Å². The van der Waals surface area contributed by atoms with Crippen molar-refractivity contribution in [3.8, 4) is 16.3 Å². The summed E-state index contributed by atoms with van der Waals surface area (Å²) in [5.74, 6) is -0.704. The monoisotopic (exact) mass is 378 g/mol. The minimum atomic E-state index is -0.360. The minimum absolute atomic E-state index is 0.249. The SMILES string of the molecule is Cc1ccnn1-c1cccc(NC(=O)c2csc(-c3ccccc3F)n2)c1. The van der Waals surface area contributed by atoms with E-state index >= 15 is 0 Å². The maximum atomic E-state index is 13.9. The van der Waals surface area contributed by atoms with E-state index in [1.54, 1.807) is 40.5 Å². The van der Waals surface area contributed by atoms with Gasteiger partial charge in [0.2, 0.25) is 0 Å². The first-order valence-electron chi connectivity index (χ1n) is 8.24. The molecule has 4 rings (SSSR count). The number of amides is 1. The molecule has 2 heterocycles. The average molecular weight is 378 g/mol. The van der Waals surface area contributed by atoms with Gasteiger partial charge in [-0.2, -0.15) is 5.10 Å². The summed E-state index contributed by atoms with van der Waals surface area (Å²) in [6.45, 7) is 1.96. The number of hydrogen-bond donors (Lipinski definition) is 1. The second-order valence-corrected chi connectivity index (χ2v) is 6.76. The van der Waals surface area contributed by atoms with E-state index in [9.17, 15) is 9.18 Å². The Hall–Kier alpha value is -3.32.